The van der Waals surface area contributed by atoms with Crippen molar-refractivity contribution in [2.75, 3.05) is 18.8 Å². The van der Waals surface area contributed by atoms with E-state index in [1.54, 1.807) is 11.8 Å². The zero-order chi connectivity index (χ0) is 14.1. The van der Waals surface area contributed by atoms with Crippen molar-refractivity contribution in [3.8, 4) is 0 Å². The largest absolute Gasteiger partial charge is 0.263 e. The molecule has 2 heterocycles. The maximum absolute atomic E-state index is 13.6. The molecule has 0 bridgehead atoms. The highest BCUT2D eigenvalue weighted by molar-refractivity contribution is 8.00. The molecule has 1 fully saturated rings. The van der Waals surface area contributed by atoms with Gasteiger partial charge in [0, 0.05) is 29.8 Å². The van der Waals surface area contributed by atoms with Crippen LogP contribution in [-0.4, -0.2) is 41.3 Å². The summed E-state index contributed by atoms with van der Waals surface area (Å²) in [5.74, 6) is -0.0839. The van der Waals surface area contributed by atoms with Gasteiger partial charge in [0.25, 0.3) is 10.0 Å². The van der Waals surface area contributed by atoms with Crippen LogP contribution in [0.3, 0.4) is 0 Å². The third-order valence-electron chi connectivity index (χ3n) is 3.11. The minimum atomic E-state index is -3.83. The summed E-state index contributed by atoms with van der Waals surface area (Å²) < 4.78 is 39.8. The van der Waals surface area contributed by atoms with Gasteiger partial charge in [0.05, 0.1) is 0 Å². The van der Waals surface area contributed by atoms with E-state index in [2.05, 4.69) is 18.8 Å². The normalized spacial score (nSPS) is 21.0. The highest BCUT2D eigenvalue weighted by Gasteiger charge is 2.33. The lowest BCUT2D eigenvalue weighted by molar-refractivity contribution is 0.409. The lowest BCUT2D eigenvalue weighted by Crippen LogP contribution is -2.34. The van der Waals surface area contributed by atoms with Crippen molar-refractivity contribution >= 4 is 21.8 Å². The zero-order valence-electron chi connectivity index (χ0n) is 11.0. The van der Waals surface area contributed by atoms with Gasteiger partial charge in [-0.25, -0.2) is 17.8 Å². The summed E-state index contributed by atoms with van der Waals surface area (Å²) in [6.45, 7) is 4.98. The average Bonchev–Trinajstić information content (AvgIpc) is 2.51. The number of hydrogen-bond acceptors (Lipinski definition) is 4. The first-order valence-electron chi connectivity index (χ1n) is 6.07. The molecule has 0 N–H and O–H groups in total. The average molecular weight is 304 g/mol. The maximum atomic E-state index is 13.6. The van der Waals surface area contributed by atoms with Crippen LogP contribution in [0.1, 0.15) is 20.3 Å². The molecule has 0 amide bonds. The zero-order valence-corrected chi connectivity index (χ0v) is 12.6. The molecular weight excluding hydrogens is 287 g/mol. The third-order valence-corrected chi connectivity index (χ3v) is 6.31. The van der Waals surface area contributed by atoms with Crippen LogP contribution in [-0.2, 0) is 10.0 Å². The Bertz CT molecular complexity index is 561. The van der Waals surface area contributed by atoms with Gasteiger partial charge in [0.15, 0.2) is 5.82 Å². The number of aromatic nitrogens is 1. The van der Waals surface area contributed by atoms with Crippen LogP contribution in [0.2, 0.25) is 0 Å². The smallest absolute Gasteiger partial charge is 0.241 e. The second-order valence-corrected chi connectivity index (χ2v) is 8.71. The van der Waals surface area contributed by atoms with E-state index >= 15 is 0 Å². The topological polar surface area (TPSA) is 50.3 Å². The highest BCUT2D eigenvalue weighted by atomic mass is 32.2. The van der Waals surface area contributed by atoms with Gasteiger partial charge in [0.2, 0.25) is 5.03 Å². The predicted molar refractivity (Wildman–Crippen MR) is 74.1 cm³/mol. The molecule has 0 radical (unpaired) electrons. The standard InChI is InChI=1S/C12H17FN2O2S2/c1-12(2)5-7-15(8-9-18-12)19(16,17)11-10(13)4-3-6-14-11/h3-4,6H,5,7-9H2,1-2H3. The Morgan fingerprint density at radius 1 is 1.42 bits per heavy atom. The van der Waals surface area contributed by atoms with Crippen molar-refractivity contribution in [3.63, 3.8) is 0 Å². The van der Waals surface area contributed by atoms with Crippen molar-refractivity contribution in [2.24, 2.45) is 0 Å². The van der Waals surface area contributed by atoms with Crippen LogP contribution in [0.4, 0.5) is 4.39 Å². The molecule has 0 aliphatic carbocycles. The third kappa shape index (κ3) is 3.27. The molecule has 1 aromatic heterocycles. The second-order valence-electron chi connectivity index (χ2n) is 5.05. The van der Waals surface area contributed by atoms with E-state index in [0.29, 0.717) is 18.8 Å². The summed E-state index contributed by atoms with van der Waals surface area (Å²) >= 11 is 1.74. The molecule has 106 valence electrons. The van der Waals surface area contributed by atoms with Crippen LogP contribution in [0.5, 0.6) is 0 Å². The lowest BCUT2D eigenvalue weighted by atomic mass is 10.1. The molecule has 7 heteroatoms. The summed E-state index contributed by atoms with van der Waals surface area (Å²) in [5, 5.41) is -0.472. The minimum absolute atomic E-state index is 0.0485. The molecule has 1 aliphatic rings. The predicted octanol–water partition coefficient (Wildman–Crippen LogP) is 2.13. The SMILES string of the molecule is CC1(C)CCN(S(=O)(=O)c2ncccc2F)CCS1. The van der Waals surface area contributed by atoms with E-state index in [1.807, 2.05) is 0 Å². The van der Waals surface area contributed by atoms with Gasteiger partial charge >= 0.3 is 0 Å². The van der Waals surface area contributed by atoms with Crippen LogP contribution in [0.25, 0.3) is 0 Å². The molecule has 2 rings (SSSR count). The number of pyridine rings is 1. The molecule has 4 nitrogen and oxygen atoms in total. The molecule has 0 spiro atoms. The number of rotatable bonds is 2. The fraction of sp³-hybridized carbons (Fsp3) is 0.583. The Morgan fingerprint density at radius 2 is 2.16 bits per heavy atom. The van der Waals surface area contributed by atoms with Crippen molar-refractivity contribution in [1.82, 2.24) is 9.29 Å². The van der Waals surface area contributed by atoms with Gasteiger partial charge in [-0.15, -0.1) is 0 Å². The van der Waals surface area contributed by atoms with Gasteiger partial charge in [-0.2, -0.15) is 16.1 Å². The van der Waals surface area contributed by atoms with Gasteiger partial charge in [-0.1, -0.05) is 13.8 Å². The van der Waals surface area contributed by atoms with E-state index in [4.69, 9.17) is 0 Å². The van der Waals surface area contributed by atoms with Crippen LogP contribution >= 0.6 is 11.8 Å². The quantitative estimate of drug-likeness (QED) is 0.840. The summed E-state index contributed by atoms with van der Waals surface area (Å²) in [5.41, 5.74) is 0. The number of hydrogen-bond donors (Lipinski definition) is 0. The van der Waals surface area contributed by atoms with Gasteiger partial charge in [-0.3, -0.25) is 0 Å². The minimum Gasteiger partial charge on any atom is -0.241 e. The molecule has 0 atom stereocenters. The molecule has 0 aromatic carbocycles. The van der Waals surface area contributed by atoms with Crippen molar-refractivity contribution in [1.29, 1.82) is 0 Å². The molecule has 1 aliphatic heterocycles. The molecule has 0 unspecified atom stereocenters. The summed E-state index contributed by atoms with van der Waals surface area (Å²) in [6.07, 6.45) is 2.04. The van der Waals surface area contributed by atoms with Gasteiger partial charge < -0.3 is 0 Å². The number of thioether (sulfide) groups is 1. The Balaban J connectivity index is 2.28. The van der Waals surface area contributed by atoms with Gasteiger partial charge in [0.1, 0.15) is 0 Å². The lowest BCUT2D eigenvalue weighted by Gasteiger charge is -2.22. The molecule has 1 aromatic rings. The van der Waals surface area contributed by atoms with E-state index in [-0.39, 0.29) is 4.75 Å². The van der Waals surface area contributed by atoms with Crippen molar-refractivity contribution in [2.45, 2.75) is 30.0 Å². The first kappa shape index (κ1) is 14.7. The summed E-state index contributed by atoms with van der Waals surface area (Å²) in [4.78, 5) is 3.68. The first-order chi connectivity index (χ1) is 8.83. The van der Waals surface area contributed by atoms with Gasteiger partial charge in [-0.05, 0) is 18.6 Å². The molecule has 0 saturated carbocycles. The number of halogens is 1. The summed E-state index contributed by atoms with van der Waals surface area (Å²) in [6, 6.07) is 2.51. The fourth-order valence-electron chi connectivity index (χ4n) is 1.93. The second kappa shape index (κ2) is 5.38. The monoisotopic (exact) mass is 304 g/mol. The van der Waals surface area contributed by atoms with E-state index in [0.717, 1.165) is 12.5 Å². The van der Waals surface area contributed by atoms with E-state index in [1.165, 1.54) is 16.6 Å². The van der Waals surface area contributed by atoms with Crippen molar-refractivity contribution < 1.29 is 12.8 Å². The van der Waals surface area contributed by atoms with Crippen LogP contribution in [0.15, 0.2) is 23.4 Å². The fourth-order valence-corrected chi connectivity index (χ4v) is 4.56. The molecular formula is C12H17FN2O2S2. The van der Waals surface area contributed by atoms with E-state index < -0.39 is 20.9 Å². The number of nitrogens with zero attached hydrogens (tertiary/aromatic N) is 2. The Labute approximate surface area is 117 Å². The highest BCUT2D eigenvalue weighted by Crippen LogP contribution is 2.32. The summed E-state index contributed by atoms with van der Waals surface area (Å²) in [7, 11) is -3.83. The Hall–Kier alpha value is -0.660. The molecule has 1 saturated heterocycles. The van der Waals surface area contributed by atoms with Crippen LogP contribution < -0.4 is 0 Å². The van der Waals surface area contributed by atoms with Crippen LogP contribution in [0, 0.1) is 5.82 Å². The first-order valence-corrected chi connectivity index (χ1v) is 8.50. The maximum Gasteiger partial charge on any atom is 0.263 e. The number of sulfonamides is 1. The van der Waals surface area contributed by atoms with E-state index in [9.17, 15) is 12.8 Å². The Kier molecular flexibility index (Phi) is 4.17. The Morgan fingerprint density at radius 3 is 2.84 bits per heavy atom. The molecule has 19 heavy (non-hydrogen) atoms. The van der Waals surface area contributed by atoms with Crippen molar-refractivity contribution in [3.05, 3.63) is 24.1 Å².